The van der Waals surface area contributed by atoms with Gasteiger partial charge in [0.25, 0.3) is 0 Å². The molecule has 2 aromatic carbocycles. The number of nitrogens with one attached hydrogen (secondary N) is 1. The summed E-state index contributed by atoms with van der Waals surface area (Å²) in [5.74, 6) is 0.298. The largest absolute Gasteiger partial charge is 0.359 e. The van der Waals surface area contributed by atoms with Gasteiger partial charge < -0.3 is 14.8 Å². The SMILES string of the molecule is C[C@H]1Cc2ccccc2N1CC(=O)N[C@@H](c1ccc(F)cc1)c1nccn1C. The van der Waals surface area contributed by atoms with Crippen molar-refractivity contribution in [1.82, 2.24) is 14.9 Å². The molecule has 1 aliphatic heterocycles. The highest BCUT2D eigenvalue weighted by atomic mass is 19.1. The summed E-state index contributed by atoms with van der Waals surface area (Å²) < 4.78 is 15.2. The number of fused-ring (bicyclic) bond motifs is 1. The number of carbonyl (C=O) groups is 1. The fraction of sp³-hybridized carbons (Fsp3) is 0.273. The number of amides is 1. The smallest absolute Gasteiger partial charge is 0.240 e. The van der Waals surface area contributed by atoms with Gasteiger partial charge in [-0.2, -0.15) is 0 Å². The molecule has 5 nitrogen and oxygen atoms in total. The number of benzene rings is 2. The van der Waals surface area contributed by atoms with E-state index < -0.39 is 6.04 Å². The van der Waals surface area contributed by atoms with Gasteiger partial charge in [-0.25, -0.2) is 9.37 Å². The Balaban J connectivity index is 1.56. The molecular formula is C22H23FN4O. The van der Waals surface area contributed by atoms with Crippen molar-refractivity contribution in [2.24, 2.45) is 7.05 Å². The molecule has 0 saturated heterocycles. The molecule has 0 aliphatic carbocycles. The summed E-state index contributed by atoms with van der Waals surface area (Å²) >= 11 is 0. The van der Waals surface area contributed by atoms with E-state index in [0.717, 1.165) is 17.7 Å². The Morgan fingerprint density at radius 3 is 2.71 bits per heavy atom. The number of carbonyl (C=O) groups excluding carboxylic acids is 1. The molecule has 1 amide bonds. The second-order valence-electron chi connectivity index (χ2n) is 7.26. The zero-order valence-corrected chi connectivity index (χ0v) is 16.0. The highest BCUT2D eigenvalue weighted by molar-refractivity contribution is 5.83. The predicted molar refractivity (Wildman–Crippen MR) is 107 cm³/mol. The van der Waals surface area contributed by atoms with Gasteiger partial charge in [0, 0.05) is 31.2 Å². The number of halogens is 1. The number of para-hydroxylation sites is 1. The van der Waals surface area contributed by atoms with Crippen molar-refractivity contribution < 1.29 is 9.18 Å². The number of hydrogen-bond donors (Lipinski definition) is 1. The van der Waals surface area contributed by atoms with Crippen molar-refractivity contribution in [1.29, 1.82) is 0 Å². The van der Waals surface area contributed by atoms with Gasteiger partial charge in [0.2, 0.25) is 5.91 Å². The lowest BCUT2D eigenvalue weighted by atomic mass is 10.1. The molecule has 2 atom stereocenters. The molecule has 1 aliphatic rings. The number of aryl methyl sites for hydroxylation is 1. The van der Waals surface area contributed by atoms with Crippen LogP contribution in [0.15, 0.2) is 60.9 Å². The number of aromatic nitrogens is 2. The van der Waals surface area contributed by atoms with Gasteiger partial charge in [-0.1, -0.05) is 30.3 Å². The van der Waals surface area contributed by atoms with E-state index in [0.29, 0.717) is 5.82 Å². The fourth-order valence-corrected chi connectivity index (χ4v) is 3.84. The van der Waals surface area contributed by atoms with Crippen LogP contribution in [0.5, 0.6) is 0 Å². The van der Waals surface area contributed by atoms with Crippen LogP contribution >= 0.6 is 0 Å². The highest BCUT2D eigenvalue weighted by Crippen LogP contribution is 2.31. The zero-order chi connectivity index (χ0) is 19.7. The average molecular weight is 378 g/mol. The van der Waals surface area contributed by atoms with Gasteiger partial charge in [-0.3, -0.25) is 4.79 Å². The number of imidazole rings is 1. The second kappa shape index (κ2) is 7.46. The van der Waals surface area contributed by atoms with Gasteiger partial charge in [0.05, 0.1) is 6.54 Å². The summed E-state index contributed by atoms with van der Waals surface area (Å²) in [7, 11) is 1.88. The molecule has 144 valence electrons. The molecule has 0 unspecified atom stereocenters. The summed E-state index contributed by atoms with van der Waals surface area (Å²) in [5, 5.41) is 3.09. The lowest BCUT2D eigenvalue weighted by Gasteiger charge is -2.26. The standard InChI is InChI=1S/C22H23FN4O/c1-15-13-17-5-3-4-6-19(17)27(15)14-20(28)25-21(22-24-11-12-26(22)2)16-7-9-18(23)10-8-16/h3-12,15,21H,13-14H2,1-2H3,(H,25,28)/t15-,21-/m0/s1. The number of hydrogen-bond acceptors (Lipinski definition) is 3. The van der Waals surface area contributed by atoms with E-state index >= 15 is 0 Å². The van der Waals surface area contributed by atoms with Crippen LogP contribution in [0.1, 0.15) is 29.9 Å². The molecule has 0 saturated carbocycles. The molecule has 2 heterocycles. The van der Waals surface area contributed by atoms with E-state index in [1.54, 1.807) is 18.3 Å². The first-order valence-electron chi connectivity index (χ1n) is 9.39. The molecule has 4 rings (SSSR count). The van der Waals surface area contributed by atoms with E-state index in [1.165, 1.54) is 17.7 Å². The summed E-state index contributed by atoms with van der Waals surface area (Å²) in [6.07, 6.45) is 4.46. The summed E-state index contributed by atoms with van der Waals surface area (Å²) in [5.41, 5.74) is 3.17. The van der Waals surface area contributed by atoms with E-state index in [2.05, 4.69) is 34.3 Å². The molecule has 1 aromatic heterocycles. The first kappa shape index (κ1) is 18.2. The monoisotopic (exact) mass is 378 g/mol. The molecule has 0 fully saturated rings. The Morgan fingerprint density at radius 2 is 2.00 bits per heavy atom. The van der Waals surface area contributed by atoms with E-state index in [4.69, 9.17) is 0 Å². The Labute approximate surface area is 163 Å². The topological polar surface area (TPSA) is 50.2 Å². The van der Waals surface area contributed by atoms with Gasteiger partial charge in [-0.05, 0) is 42.7 Å². The molecule has 28 heavy (non-hydrogen) atoms. The minimum atomic E-state index is -0.443. The third-order valence-corrected chi connectivity index (χ3v) is 5.29. The first-order valence-corrected chi connectivity index (χ1v) is 9.39. The molecule has 0 spiro atoms. The van der Waals surface area contributed by atoms with Crippen LogP contribution in [0.3, 0.4) is 0 Å². The quantitative estimate of drug-likeness (QED) is 0.742. The van der Waals surface area contributed by atoms with Crippen LogP contribution in [0.2, 0.25) is 0 Å². The first-order chi connectivity index (χ1) is 13.5. The number of anilines is 1. The zero-order valence-electron chi connectivity index (χ0n) is 16.0. The molecule has 0 radical (unpaired) electrons. The normalized spacial score (nSPS) is 16.7. The highest BCUT2D eigenvalue weighted by Gasteiger charge is 2.28. The summed E-state index contributed by atoms with van der Waals surface area (Å²) in [6, 6.07) is 14.2. The third kappa shape index (κ3) is 3.50. The van der Waals surface area contributed by atoms with E-state index in [-0.39, 0.29) is 24.3 Å². The maximum Gasteiger partial charge on any atom is 0.240 e. The van der Waals surface area contributed by atoms with Crippen molar-refractivity contribution in [2.75, 3.05) is 11.4 Å². The average Bonchev–Trinajstić information content (AvgIpc) is 3.24. The van der Waals surface area contributed by atoms with Crippen LogP contribution in [0.25, 0.3) is 0 Å². The van der Waals surface area contributed by atoms with Crippen molar-refractivity contribution >= 4 is 11.6 Å². The maximum absolute atomic E-state index is 13.4. The number of rotatable bonds is 5. The second-order valence-corrected chi connectivity index (χ2v) is 7.26. The van der Waals surface area contributed by atoms with Crippen molar-refractivity contribution in [2.45, 2.75) is 25.4 Å². The summed E-state index contributed by atoms with van der Waals surface area (Å²) in [6.45, 7) is 2.39. The minimum Gasteiger partial charge on any atom is -0.359 e. The Bertz CT molecular complexity index is 982. The van der Waals surface area contributed by atoms with Gasteiger partial charge in [0.1, 0.15) is 17.7 Å². The van der Waals surface area contributed by atoms with Crippen molar-refractivity contribution in [3.63, 3.8) is 0 Å². The van der Waals surface area contributed by atoms with Crippen LogP contribution in [0.4, 0.5) is 10.1 Å². The Morgan fingerprint density at radius 1 is 1.25 bits per heavy atom. The van der Waals surface area contributed by atoms with E-state index in [9.17, 15) is 9.18 Å². The lowest BCUT2D eigenvalue weighted by molar-refractivity contribution is -0.120. The molecular weight excluding hydrogens is 355 g/mol. The predicted octanol–water partition coefficient (Wildman–Crippen LogP) is 3.22. The van der Waals surface area contributed by atoms with Crippen molar-refractivity contribution in [3.05, 3.63) is 83.7 Å². The Kier molecular flexibility index (Phi) is 4.86. The van der Waals surface area contributed by atoms with Crippen LogP contribution in [-0.2, 0) is 18.3 Å². The van der Waals surface area contributed by atoms with Crippen LogP contribution < -0.4 is 10.2 Å². The Hall–Kier alpha value is -3.15. The van der Waals surface area contributed by atoms with E-state index in [1.807, 2.05) is 29.9 Å². The third-order valence-electron chi connectivity index (χ3n) is 5.29. The van der Waals surface area contributed by atoms with Gasteiger partial charge in [-0.15, -0.1) is 0 Å². The lowest BCUT2D eigenvalue weighted by Crippen LogP contribution is -2.42. The van der Waals surface area contributed by atoms with Crippen LogP contribution in [0, 0.1) is 5.82 Å². The van der Waals surface area contributed by atoms with Crippen LogP contribution in [-0.4, -0.2) is 28.0 Å². The number of nitrogens with zero attached hydrogens (tertiary/aromatic N) is 3. The molecule has 1 N–H and O–H groups in total. The van der Waals surface area contributed by atoms with Crippen molar-refractivity contribution in [3.8, 4) is 0 Å². The fourth-order valence-electron chi connectivity index (χ4n) is 3.84. The maximum atomic E-state index is 13.4. The molecule has 6 heteroatoms. The minimum absolute atomic E-state index is 0.0964. The van der Waals surface area contributed by atoms with Gasteiger partial charge >= 0.3 is 0 Å². The molecule has 0 bridgehead atoms. The van der Waals surface area contributed by atoms with Gasteiger partial charge in [0.15, 0.2) is 0 Å². The summed E-state index contributed by atoms with van der Waals surface area (Å²) in [4.78, 5) is 19.5. The molecule has 3 aromatic rings.